The largest absolute Gasteiger partial charge is 0.393 e. The number of ether oxygens (including phenoxy) is 1. The molecular formula is C18H23N3O3S. The number of rotatable bonds is 8. The van der Waals surface area contributed by atoms with Crippen molar-refractivity contribution in [3.63, 3.8) is 0 Å². The van der Waals surface area contributed by atoms with Crippen LogP contribution in [0.4, 0.5) is 5.13 Å². The first-order valence-electron chi connectivity index (χ1n) is 8.26. The molecule has 6 nitrogen and oxygen atoms in total. The Kier molecular flexibility index (Phi) is 5.36. The van der Waals surface area contributed by atoms with Gasteiger partial charge in [0, 0.05) is 31.0 Å². The number of nitrogens with one attached hydrogen (secondary N) is 2. The number of thiazole rings is 1. The summed E-state index contributed by atoms with van der Waals surface area (Å²) in [6.07, 6.45) is 0.966. The average molecular weight is 361 g/mol. The van der Waals surface area contributed by atoms with E-state index in [0.29, 0.717) is 23.3 Å². The van der Waals surface area contributed by atoms with Crippen molar-refractivity contribution in [3.8, 4) is 0 Å². The molecule has 134 valence electrons. The van der Waals surface area contributed by atoms with Gasteiger partial charge < -0.3 is 20.5 Å². The van der Waals surface area contributed by atoms with Crippen molar-refractivity contribution >= 4 is 22.4 Å². The van der Waals surface area contributed by atoms with Crippen LogP contribution in [0.2, 0.25) is 0 Å². The molecule has 1 saturated carbocycles. The molecule has 0 saturated heterocycles. The molecule has 1 heterocycles. The maximum atomic E-state index is 12.3. The van der Waals surface area contributed by atoms with E-state index in [1.807, 2.05) is 18.2 Å². The highest BCUT2D eigenvalue weighted by molar-refractivity contribution is 7.13. The van der Waals surface area contributed by atoms with E-state index in [2.05, 4.69) is 27.8 Å². The van der Waals surface area contributed by atoms with Gasteiger partial charge in [-0.15, -0.1) is 11.3 Å². The second-order valence-electron chi connectivity index (χ2n) is 6.54. The van der Waals surface area contributed by atoms with Crippen LogP contribution in [0.5, 0.6) is 0 Å². The van der Waals surface area contributed by atoms with E-state index in [4.69, 9.17) is 4.74 Å². The lowest BCUT2D eigenvalue weighted by Gasteiger charge is -2.25. The zero-order chi connectivity index (χ0) is 17.9. The Labute approximate surface area is 151 Å². The number of hydrogen-bond acceptors (Lipinski definition) is 6. The smallest absolute Gasteiger partial charge is 0.271 e. The van der Waals surface area contributed by atoms with E-state index in [1.54, 1.807) is 19.4 Å². The monoisotopic (exact) mass is 361 g/mol. The molecule has 0 radical (unpaired) electrons. The SMILES string of the molecule is COC(C)(CO)CNc1nc(C(=O)N[C@@H]2C[C@H]2c2ccccc2)cs1. The lowest BCUT2D eigenvalue weighted by molar-refractivity contribution is -0.0269. The minimum atomic E-state index is -0.676. The van der Waals surface area contributed by atoms with Gasteiger partial charge in [-0.3, -0.25) is 4.79 Å². The number of nitrogens with zero attached hydrogens (tertiary/aromatic N) is 1. The van der Waals surface area contributed by atoms with Crippen molar-refractivity contribution in [3.05, 3.63) is 47.0 Å². The summed E-state index contributed by atoms with van der Waals surface area (Å²) in [6.45, 7) is 2.11. The van der Waals surface area contributed by atoms with Crippen LogP contribution in [-0.4, -0.2) is 47.9 Å². The molecule has 3 atom stereocenters. The Morgan fingerprint density at radius 1 is 1.44 bits per heavy atom. The minimum absolute atomic E-state index is 0.0994. The highest BCUT2D eigenvalue weighted by atomic mass is 32.1. The number of amides is 1. The number of aromatic nitrogens is 1. The number of hydrogen-bond donors (Lipinski definition) is 3. The van der Waals surface area contributed by atoms with Crippen LogP contribution in [0.15, 0.2) is 35.7 Å². The third kappa shape index (κ3) is 4.36. The zero-order valence-electron chi connectivity index (χ0n) is 14.4. The Morgan fingerprint density at radius 3 is 2.88 bits per heavy atom. The normalized spacial score (nSPS) is 21.4. The van der Waals surface area contributed by atoms with Crippen molar-refractivity contribution in [1.82, 2.24) is 10.3 Å². The fourth-order valence-electron chi connectivity index (χ4n) is 2.58. The minimum Gasteiger partial charge on any atom is -0.393 e. The van der Waals surface area contributed by atoms with Crippen molar-refractivity contribution in [2.75, 3.05) is 25.6 Å². The fourth-order valence-corrected chi connectivity index (χ4v) is 3.27. The second kappa shape index (κ2) is 7.51. The van der Waals surface area contributed by atoms with E-state index in [9.17, 15) is 9.90 Å². The average Bonchev–Trinajstić information content (AvgIpc) is 3.24. The van der Waals surface area contributed by atoms with Gasteiger partial charge in [0.2, 0.25) is 0 Å². The van der Waals surface area contributed by atoms with Gasteiger partial charge in [-0.1, -0.05) is 30.3 Å². The molecule has 2 aromatic rings. The first kappa shape index (κ1) is 17.8. The van der Waals surface area contributed by atoms with Gasteiger partial charge in [-0.25, -0.2) is 4.98 Å². The predicted octanol–water partition coefficient (Wildman–Crippen LogP) is 2.24. The Bertz CT molecular complexity index is 715. The molecule has 1 amide bonds. The summed E-state index contributed by atoms with van der Waals surface area (Å²) < 4.78 is 5.26. The number of aliphatic hydroxyl groups is 1. The van der Waals surface area contributed by atoms with E-state index >= 15 is 0 Å². The summed E-state index contributed by atoms with van der Waals surface area (Å²) in [5, 5.41) is 17.9. The van der Waals surface area contributed by atoms with E-state index < -0.39 is 5.60 Å². The van der Waals surface area contributed by atoms with Crippen molar-refractivity contribution in [2.24, 2.45) is 0 Å². The summed E-state index contributed by atoms with van der Waals surface area (Å²) in [5.41, 5.74) is 0.996. The Morgan fingerprint density at radius 2 is 2.20 bits per heavy atom. The van der Waals surface area contributed by atoms with Crippen molar-refractivity contribution in [1.29, 1.82) is 0 Å². The van der Waals surface area contributed by atoms with Crippen molar-refractivity contribution < 1.29 is 14.6 Å². The maximum absolute atomic E-state index is 12.3. The van der Waals surface area contributed by atoms with Gasteiger partial charge in [0.05, 0.1) is 6.61 Å². The third-order valence-electron chi connectivity index (χ3n) is 4.51. The van der Waals surface area contributed by atoms with Crippen LogP contribution in [0.25, 0.3) is 0 Å². The number of methoxy groups -OCH3 is 1. The van der Waals surface area contributed by atoms with Crippen LogP contribution in [-0.2, 0) is 4.74 Å². The first-order chi connectivity index (χ1) is 12.0. The molecule has 1 aromatic heterocycles. The first-order valence-corrected chi connectivity index (χ1v) is 9.14. The molecule has 1 unspecified atom stereocenters. The van der Waals surface area contributed by atoms with Gasteiger partial charge in [0.25, 0.3) is 5.91 Å². The Hall–Kier alpha value is -1.96. The fraction of sp³-hybridized carbons (Fsp3) is 0.444. The molecule has 3 rings (SSSR count). The predicted molar refractivity (Wildman–Crippen MR) is 98.2 cm³/mol. The van der Waals surface area contributed by atoms with Gasteiger partial charge >= 0.3 is 0 Å². The topological polar surface area (TPSA) is 83.5 Å². The number of benzene rings is 1. The summed E-state index contributed by atoms with van der Waals surface area (Å²) in [7, 11) is 1.55. The molecule has 0 aliphatic heterocycles. The van der Waals surface area contributed by atoms with Crippen LogP contribution in [0.3, 0.4) is 0 Å². The molecule has 7 heteroatoms. The molecule has 1 fully saturated rings. The van der Waals surface area contributed by atoms with Gasteiger partial charge in [0.1, 0.15) is 11.3 Å². The van der Waals surface area contributed by atoms with Gasteiger partial charge in [0.15, 0.2) is 5.13 Å². The third-order valence-corrected chi connectivity index (χ3v) is 5.31. The summed E-state index contributed by atoms with van der Waals surface area (Å²) in [6, 6.07) is 10.4. The number of carbonyl (C=O) groups is 1. The number of carbonyl (C=O) groups excluding carboxylic acids is 1. The molecule has 3 N–H and O–H groups in total. The molecule has 1 aliphatic carbocycles. The maximum Gasteiger partial charge on any atom is 0.271 e. The zero-order valence-corrected chi connectivity index (χ0v) is 15.2. The number of aliphatic hydroxyl groups excluding tert-OH is 1. The van der Waals surface area contributed by atoms with Gasteiger partial charge in [-0.2, -0.15) is 0 Å². The van der Waals surface area contributed by atoms with Gasteiger partial charge in [-0.05, 0) is 18.9 Å². The van der Waals surface area contributed by atoms with Crippen molar-refractivity contribution in [2.45, 2.75) is 30.9 Å². The molecule has 1 aromatic carbocycles. The van der Waals surface area contributed by atoms with Crippen LogP contribution >= 0.6 is 11.3 Å². The van der Waals surface area contributed by atoms with E-state index in [1.165, 1.54) is 16.9 Å². The summed E-state index contributed by atoms with van der Waals surface area (Å²) >= 11 is 1.36. The second-order valence-corrected chi connectivity index (χ2v) is 7.39. The molecule has 0 spiro atoms. The standard InChI is InChI=1S/C18H23N3O3S/c1-18(11-22,24-2)10-19-17-21-15(9-25-17)16(23)20-14-8-13(14)12-6-4-3-5-7-12/h3-7,9,13-14,22H,8,10-11H2,1-2H3,(H,19,21)(H,20,23)/t13-,14+,18?/m0/s1. The quantitative estimate of drug-likeness (QED) is 0.672. The van der Waals surface area contributed by atoms with Crippen LogP contribution < -0.4 is 10.6 Å². The molecule has 0 bridgehead atoms. The summed E-state index contributed by atoms with van der Waals surface area (Å²) in [5.74, 6) is 0.248. The van der Waals surface area contributed by atoms with Crippen LogP contribution in [0, 0.1) is 0 Å². The van der Waals surface area contributed by atoms with Crippen LogP contribution in [0.1, 0.15) is 35.3 Å². The van der Waals surface area contributed by atoms with E-state index in [-0.39, 0.29) is 18.6 Å². The highest BCUT2D eigenvalue weighted by Crippen LogP contribution is 2.40. The lowest BCUT2D eigenvalue weighted by Crippen LogP contribution is -2.39. The summed E-state index contributed by atoms with van der Waals surface area (Å²) in [4.78, 5) is 16.7. The molecule has 25 heavy (non-hydrogen) atoms. The highest BCUT2D eigenvalue weighted by Gasteiger charge is 2.39. The van der Waals surface area contributed by atoms with E-state index in [0.717, 1.165) is 6.42 Å². The lowest BCUT2D eigenvalue weighted by atomic mass is 10.1. The number of anilines is 1. The Balaban J connectivity index is 1.52. The molecule has 1 aliphatic rings. The molecular weight excluding hydrogens is 338 g/mol.